The van der Waals surface area contributed by atoms with Crippen LogP contribution in [0.2, 0.25) is 0 Å². The molecule has 89 heavy (non-hydrogen) atoms. The average molecular weight is 1140 g/mol. The smallest absolute Gasteiger partial charge is 0.0725 e. The molecule has 0 fully saturated rings. The van der Waals surface area contributed by atoms with Gasteiger partial charge in [0.1, 0.15) is 0 Å². The number of para-hydroxylation sites is 3. The van der Waals surface area contributed by atoms with E-state index in [0.717, 1.165) is 45.0 Å². The highest BCUT2D eigenvalue weighted by atomic mass is 15.1. The molecule has 13 aromatic carbocycles. The van der Waals surface area contributed by atoms with E-state index in [9.17, 15) is 0 Å². The Bertz CT molecular complexity index is 5210. The molecule has 2 aliphatic rings. The predicted molar refractivity (Wildman–Crippen MR) is 375 cm³/mol. The molecular weight excluding hydrogens is 1070 g/mol. The second kappa shape index (κ2) is 21.0. The summed E-state index contributed by atoms with van der Waals surface area (Å²) in [5, 5.41) is 4.83. The standard InChI is InChI=1S/C86H65N3/c1-4-20-69(56(2)3)60-35-33-59(34-36-60)62-39-46-72-70-27-14-17-30-78(70)86(80(72)52-62)79-31-18-15-28-71(79)73-47-40-63(53-81(73)86)61-41-49-83-76(51-61)77-54-67(45-50-84(77)88(83)64-23-10-6-11-24-64)87(66-42-37-58(38-43-66)57-21-8-5-9-22-57)68-44-48-75-74-29-16-19-32-82(74)89(85(75)55-68)65-25-12-7-13-26-65/h5-19,21-56,69H,4,20H2,1-3H3. The Morgan fingerprint density at radius 1 is 0.315 bits per heavy atom. The van der Waals surface area contributed by atoms with E-state index in [0.29, 0.717) is 11.8 Å². The van der Waals surface area contributed by atoms with Crippen molar-refractivity contribution < 1.29 is 0 Å². The van der Waals surface area contributed by atoms with Crippen molar-refractivity contribution in [3.8, 4) is 67.0 Å². The van der Waals surface area contributed by atoms with E-state index in [-0.39, 0.29) is 0 Å². The predicted octanol–water partition coefficient (Wildman–Crippen LogP) is 23.2. The molecule has 3 nitrogen and oxygen atoms in total. The zero-order valence-corrected chi connectivity index (χ0v) is 50.3. The Balaban J connectivity index is 0.847. The van der Waals surface area contributed by atoms with Crippen molar-refractivity contribution in [1.29, 1.82) is 0 Å². The van der Waals surface area contributed by atoms with E-state index >= 15 is 0 Å². The van der Waals surface area contributed by atoms with Crippen LogP contribution in [0.1, 0.15) is 67.3 Å². The van der Waals surface area contributed by atoms with E-state index < -0.39 is 5.41 Å². The van der Waals surface area contributed by atoms with Gasteiger partial charge in [-0.3, -0.25) is 0 Å². The van der Waals surface area contributed by atoms with Crippen molar-refractivity contribution in [3.05, 3.63) is 331 Å². The molecule has 2 unspecified atom stereocenters. The first-order valence-corrected chi connectivity index (χ1v) is 31.7. The van der Waals surface area contributed by atoms with E-state index in [1.54, 1.807) is 0 Å². The van der Waals surface area contributed by atoms with Crippen LogP contribution in [0.15, 0.2) is 303 Å². The van der Waals surface area contributed by atoms with Gasteiger partial charge in [-0.15, -0.1) is 0 Å². The summed E-state index contributed by atoms with van der Waals surface area (Å²) >= 11 is 0. The van der Waals surface area contributed by atoms with Gasteiger partial charge in [-0.05, 0) is 199 Å². The largest absolute Gasteiger partial charge is 0.310 e. The van der Waals surface area contributed by atoms with E-state index in [1.165, 1.54) is 123 Å². The molecule has 3 heteroatoms. The quantitative estimate of drug-likeness (QED) is 0.119. The van der Waals surface area contributed by atoms with Crippen LogP contribution in [-0.2, 0) is 5.41 Å². The second-order valence-corrected chi connectivity index (χ2v) is 24.9. The van der Waals surface area contributed by atoms with Gasteiger partial charge in [0, 0.05) is 50.0 Å². The Morgan fingerprint density at radius 2 is 0.742 bits per heavy atom. The number of fused-ring (bicyclic) bond motifs is 16. The fourth-order valence-corrected chi connectivity index (χ4v) is 15.6. The third kappa shape index (κ3) is 8.25. The zero-order chi connectivity index (χ0) is 59.3. The van der Waals surface area contributed by atoms with Crippen molar-refractivity contribution in [1.82, 2.24) is 9.13 Å². The van der Waals surface area contributed by atoms with Gasteiger partial charge >= 0.3 is 0 Å². The Hall–Kier alpha value is -10.7. The first-order valence-electron chi connectivity index (χ1n) is 31.7. The fourth-order valence-electron chi connectivity index (χ4n) is 15.6. The van der Waals surface area contributed by atoms with Gasteiger partial charge in [0.15, 0.2) is 0 Å². The SMILES string of the molecule is CCCC(c1ccc(-c2ccc3c(c2)C2(c4ccccc4-3)c3ccccc3-c3ccc(-c4ccc5c(c4)c4cc(N(c6ccc(-c7ccccc7)cc6)c6ccc7c8ccccc8n(-c8ccccc8)c7c6)ccc4n5-c4ccccc4)cc32)cc1)C(C)C. The molecule has 1 spiro atoms. The van der Waals surface area contributed by atoms with Crippen molar-refractivity contribution >= 4 is 60.7 Å². The van der Waals surface area contributed by atoms with Gasteiger partial charge in [-0.25, -0.2) is 0 Å². The average Bonchev–Trinajstić information content (AvgIpc) is 1.52. The zero-order valence-electron chi connectivity index (χ0n) is 50.3. The molecule has 2 atom stereocenters. The summed E-state index contributed by atoms with van der Waals surface area (Å²) in [6.07, 6.45) is 2.39. The summed E-state index contributed by atoms with van der Waals surface area (Å²) in [4.78, 5) is 2.45. The Morgan fingerprint density at radius 3 is 1.38 bits per heavy atom. The molecule has 0 saturated carbocycles. The van der Waals surface area contributed by atoms with Crippen LogP contribution in [-0.4, -0.2) is 9.13 Å². The number of hydrogen-bond acceptors (Lipinski definition) is 1. The van der Waals surface area contributed by atoms with Crippen molar-refractivity contribution in [3.63, 3.8) is 0 Å². The lowest BCUT2D eigenvalue weighted by molar-refractivity contribution is 0.463. The minimum Gasteiger partial charge on any atom is -0.310 e. The summed E-state index contributed by atoms with van der Waals surface area (Å²) in [5.74, 6) is 1.15. The molecular formula is C86H65N3. The molecule has 0 radical (unpaired) electrons. The van der Waals surface area contributed by atoms with Crippen molar-refractivity contribution in [2.75, 3.05) is 4.90 Å². The second-order valence-electron chi connectivity index (χ2n) is 24.9. The van der Waals surface area contributed by atoms with Gasteiger partial charge in [0.2, 0.25) is 0 Å². The molecule has 0 amide bonds. The van der Waals surface area contributed by atoms with Crippen LogP contribution in [0.25, 0.3) is 111 Å². The maximum Gasteiger partial charge on any atom is 0.0725 e. The summed E-state index contributed by atoms with van der Waals surface area (Å²) in [7, 11) is 0. The van der Waals surface area contributed by atoms with Gasteiger partial charge in [0.05, 0.1) is 27.5 Å². The minimum absolute atomic E-state index is 0.517. The third-order valence-corrected chi connectivity index (χ3v) is 19.7. The molecule has 0 aliphatic heterocycles. The Labute approximate surface area is 520 Å². The number of hydrogen-bond donors (Lipinski definition) is 0. The van der Waals surface area contributed by atoms with E-state index in [1.807, 2.05) is 0 Å². The van der Waals surface area contributed by atoms with Crippen LogP contribution < -0.4 is 4.90 Å². The number of rotatable bonds is 12. The number of benzene rings is 13. The van der Waals surface area contributed by atoms with Crippen LogP contribution in [0.3, 0.4) is 0 Å². The maximum atomic E-state index is 2.54. The van der Waals surface area contributed by atoms with Gasteiger partial charge < -0.3 is 14.0 Å². The molecule has 2 heterocycles. The summed E-state index contributed by atoms with van der Waals surface area (Å²) in [6, 6.07) is 114. The minimum atomic E-state index is -0.517. The fraction of sp³-hybridized carbons (Fsp3) is 0.0930. The lowest BCUT2D eigenvalue weighted by Crippen LogP contribution is -2.26. The maximum absolute atomic E-state index is 2.54. The van der Waals surface area contributed by atoms with Gasteiger partial charge in [0.25, 0.3) is 0 Å². The highest BCUT2D eigenvalue weighted by molar-refractivity contribution is 6.13. The van der Waals surface area contributed by atoms with Crippen molar-refractivity contribution in [2.24, 2.45) is 5.92 Å². The lowest BCUT2D eigenvalue weighted by Gasteiger charge is -2.31. The highest BCUT2D eigenvalue weighted by Crippen LogP contribution is 2.63. The van der Waals surface area contributed by atoms with Crippen molar-refractivity contribution in [2.45, 2.75) is 44.9 Å². The Kier molecular flexibility index (Phi) is 12.4. The summed E-state index contributed by atoms with van der Waals surface area (Å²) < 4.78 is 4.86. The monoisotopic (exact) mass is 1140 g/mol. The first-order chi connectivity index (χ1) is 43.9. The molecule has 2 aromatic heterocycles. The summed E-state index contributed by atoms with van der Waals surface area (Å²) in [6.45, 7) is 7.03. The van der Waals surface area contributed by atoms with Gasteiger partial charge in [-0.1, -0.05) is 233 Å². The highest BCUT2D eigenvalue weighted by Gasteiger charge is 2.52. The number of anilines is 3. The lowest BCUT2D eigenvalue weighted by atomic mass is 9.70. The first kappa shape index (κ1) is 52.6. The van der Waals surface area contributed by atoms with E-state index in [4.69, 9.17) is 0 Å². The summed E-state index contributed by atoms with van der Waals surface area (Å²) in [5.41, 5.74) is 28.9. The van der Waals surface area contributed by atoms with Crippen LogP contribution in [0.5, 0.6) is 0 Å². The van der Waals surface area contributed by atoms with E-state index in [2.05, 4.69) is 338 Å². The molecule has 2 aliphatic carbocycles. The molecule has 15 aromatic rings. The number of nitrogens with zero attached hydrogens (tertiary/aromatic N) is 3. The molecule has 424 valence electrons. The van der Waals surface area contributed by atoms with Crippen LogP contribution in [0.4, 0.5) is 17.1 Å². The third-order valence-electron chi connectivity index (χ3n) is 19.7. The van der Waals surface area contributed by atoms with Gasteiger partial charge in [-0.2, -0.15) is 0 Å². The molecule has 0 N–H and O–H groups in total. The number of aromatic nitrogens is 2. The topological polar surface area (TPSA) is 13.1 Å². The normalized spacial score (nSPS) is 14.2. The molecule has 0 bridgehead atoms. The van der Waals surface area contributed by atoms with Crippen LogP contribution >= 0.6 is 0 Å². The molecule has 17 rings (SSSR count). The molecule has 0 saturated heterocycles. The van der Waals surface area contributed by atoms with Crippen LogP contribution in [0, 0.1) is 5.92 Å².